The summed E-state index contributed by atoms with van der Waals surface area (Å²) in [6.45, 7) is 3.80. The third-order valence-corrected chi connectivity index (χ3v) is 1.67. The van der Waals surface area contributed by atoms with Gasteiger partial charge in [-0.25, -0.2) is 9.59 Å². The summed E-state index contributed by atoms with van der Waals surface area (Å²) < 4.78 is 14.8. The average Bonchev–Trinajstić information content (AvgIpc) is 2.24. The van der Waals surface area contributed by atoms with Crippen molar-refractivity contribution in [3.05, 3.63) is 0 Å². The Kier molecular flexibility index (Phi) is 6.24. The van der Waals surface area contributed by atoms with Crippen LogP contribution in [-0.4, -0.2) is 44.7 Å². The van der Waals surface area contributed by atoms with E-state index in [0.29, 0.717) is 6.61 Å². The fraction of sp³-hybridized carbons (Fsp3) is 0.778. The van der Waals surface area contributed by atoms with Crippen LogP contribution < -0.4 is 11.1 Å². The highest BCUT2D eigenvalue weighted by molar-refractivity contribution is 5.67. The summed E-state index contributed by atoms with van der Waals surface area (Å²) in [6.07, 6.45) is -1.56. The summed E-state index contributed by atoms with van der Waals surface area (Å²) in [4.78, 5) is 21.6. The molecule has 0 aliphatic rings. The van der Waals surface area contributed by atoms with Crippen molar-refractivity contribution in [3.8, 4) is 0 Å². The summed E-state index contributed by atoms with van der Waals surface area (Å²) in [5.74, 6) is 0. The van der Waals surface area contributed by atoms with Gasteiger partial charge in [0, 0.05) is 13.7 Å². The Bertz CT molecular complexity index is 246. The number of hydrogen-bond donors (Lipinski definition) is 2. The third-order valence-electron chi connectivity index (χ3n) is 1.67. The molecule has 0 heterocycles. The number of hydrogen-bond acceptors (Lipinski definition) is 5. The molecule has 1 atom stereocenters. The summed E-state index contributed by atoms with van der Waals surface area (Å²) in [6, 6.07) is 0. The number of ether oxygens (including phenoxy) is 3. The van der Waals surface area contributed by atoms with Crippen LogP contribution in [0.1, 0.15) is 13.8 Å². The minimum atomic E-state index is -1.05. The van der Waals surface area contributed by atoms with E-state index in [0.717, 1.165) is 0 Å². The molecule has 0 saturated carbocycles. The first-order valence-electron chi connectivity index (χ1n) is 4.84. The first-order valence-corrected chi connectivity index (χ1v) is 4.84. The van der Waals surface area contributed by atoms with Gasteiger partial charge in [-0.1, -0.05) is 0 Å². The topological polar surface area (TPSA) is 99.9 Å². The summed E-state index contributed by atoms with van der Waals surface area (Å²) in [5, 5.41) is 2.30. The normalized spacial score (nSPS) is 13.7. The highest BCUT2D eigenvalue weighted by Crippen LogP contribution is 2.12. The molecule has 0 fully saturated rings. The molecule has 0 aliphatic heterocycles. The predicted octanol–water partition coefficient (Wildman–Crippen LogP) is 0.233. The Morgan fingerprint density at radius 2 is 2.00 bits per heavy atom. The Morgan fingerprint density at radius 3 is 2.44 bits per heavy atom. The Balaban J connectivity index is 4.34. The molecule has 0 spiro atoms. The maximum absolute atomic E-state index is 11.1. The van der Waals surface area contributed by atoms with E-state index in [4.69, 9.17) is 15.2 Å². The molecule has 7 heteroatoms. The van der Waals surface area contributed by atoms with Gasteiger partial charge in [0.2, 0.25) is 0 Å². The van der Waals surface area contributed by atoms with Crippen molar-refractivity contribution < 1.29 is 23.8 Å². The second kappa shape index (κ2) is 6.89. The molecule has 0 aliphatic carbocycles. The van der Waals surface area contributed by atoms with Crippen LogP contribution in [0.25, 0.3) is 0 Å². The number of primary amides is 1. The number of nitrogens with one attached hydrogen (secondary N) is 1. The van der Waals surface area contributed by atoms with Crippen LogP contribution in [0.3, 0.4) is 0 Å². The predicted molar refractivity (Wildman–Crippen MR) is 56.0 cm³/mol. The summed E-state index contributed by atoms with van der Waals surface area (Å²) in [7, 11) is 1.43. The Hall–Kier alpha value is -1.50. The number of nitrogens with two attached hydrogens (primary N) is 1. The zero-order valence-electron chi connectivity index (χ0n) is 9.74. The van der Waals surface area contributed by atoms with Crippen LogP contribution >= 0.6 is 0 Å². The smallest absolute Gasteiger partial charge is 0.407 e. The van der Waals surface area contributed by atoms with Gasteiger partial charge in [0.15, 0.2) is 5.60 Å². The molecule has 0 saturated heterocycles. The quantitative estimate of drug-likeness (QED) is 0.685. The standard InChI is InChI=1S/C9H18N2O5/c1-4-14-5-9(2,6-15-7(10)12)16-8(13)11-3/h4-6H2,1-3H3,(H2,10,12)(H,11,13). The number of carbonyl (C=O) groups is 2. The lowest BCUT2D eigenvalue weighted by molar-refractivity contribution is -0.0717. The van der Waals surface area contributed by atoms with Gasteiger partial charge in [-0.15, -0.1) is 0 Å². The Labute approximate surface area is 94.2 Å². The second-order valence-corrected chi connectivity index (χ2v) is 3.33. The molecule has 1 unspecified atom stereocenters. The fourth-order valence-electron chi connectivity index (χ4n) is 0.917. The zero-order chi connectivity index (χ0) is 12.6. The van der Waals surface area contributed by atoms with E-state index in [9.17, 15) is 9.59 Å². The lowest BCUT2D eigenvalue weighted by Gasteiger charge is -2.28. The van der Waals surface area contributed by atoms with E-state index in [2.05, 4.69) is 10.1 Å². The van der Waals surface area contributed by atoms with E-state index in [-0.39, 0.29) is 13.2 Å². The van der Waals surface area contributed by atoms with Crippen molar-refractivity contribution >= 4 is 12.2 Å². The Morgan fingerprint density at radius 1 is 1.38 bits per heavy atom. The first kappa shape index (κ1) is 14.5. The largest absolute Gasteiger partial charge is 0.445 e. The number of rotatable bonds is 6. The lowest BCUT2D eigenvalue weighted by atomic mass is 10.1. The molecule has 3 N–H and O–H groups in total. The molecule has 0 aromatic heterocycles. The lowest BCUT2D eigenvalue weighted by Crippen LogP contribution is -2.44. The maximum atomic E-state index is 11.1. The van der Waals surface area contributed by atoms with E-state index in [1.165, 1.54) is 7.05 Å². The van der Waals surface area contributed by atoms with Crippen LogP contribution in [0.15, 0.2) is 0 Å². The number of alkyl carbamates (subject to hydrolysis) is 1. The van der Waals surface area contributed by atoms with Crippen LogP contribution in [0, 0.1) is 0 Å². The highest BCUT2D eigenvalue weighted by Gasteiger charge is 2.30. The van der Waals surface area contributed by atoms with Crippen molar-refractivity contribution in [3.63, 3.8) is 0 Å². The molecular weight excluding hydrogens is 216 g/mol. The van der Waals surface area contributed by atoms with Gasteiger partial charge in [0.05, 0.1) is 6.61 Å². The van der Waals surface area contributed by atoms with Crippen molar-refractivity contribution in [2.75, 3.05) is 26.9 Å². The van der Waals surface area contributed by atoms with E-state index in [1.54, 1.807) is 13.8 Å². The number of carbonyl (C=O) groups excluding carboxylic acids is 2. The van der Waals surface area contributed by atoms with E-state index < -0.39 is 17.8 Å². The van der Waals surface area contributed by atoms with Crippen molar-refractivity contribution in [2.45, 2.75) is 19.4 Å². The van der Waals surface area contributed by atoms with Crippen molar-refractivity contribution in [2.24, 2.45) is 5.73 Å². The summed E-state index contributed by atoms with van der Waals surface area (Å²) >= 11 is 0. The fourth-order valence-corrected chi connectivity index (χ4v) is 0.917. The molecule has 0 rings (SSSR count). The highest BCUT2D eigenvalue weighted by atomic mass is 16.6. The second-order valence-electron chi connectivity index (χ2n) is 3.33. The van der Waals surface area contributed by atoms with Crippen molar-refractivity contribution in [1.82, 2.24) is 5.32 Å². The molecule has 7 nitrogen and oxygen atoms in total. The van der Waals surface area contributed by atoms with E-state index >= 15 is 0 Å². The van der Waals surface area contributed by atoms with E-state index in [1.807, 2.05) is 0 Å². The van der Waals surface area contributed by atoms with Crippen LogP contribution in [0.5, 0.6) is 0 Å². The van der Waals surface area contributed by atoms with Crippen LogP contribution in [0.2, 0.25) is 0 Å². The van der Waals surface area contributed by atoms with Crippen LogP contribution in [-0.2, 0) is 14.2 Å². The minimum absolute atomic E-state index is 0.115. The number of amides is 2. The first-order chi connectivity index (χ1) is 7.43. The van der Waals surface area contributed by atoms with Gasteiger partial charge in [-0.05, 0) is 13.8 Å². The molecular formula is C9H18N2O5. The van der Waals surface area contributed by atoms with Gasteiger partial charge < -0.3 is 25.3 Å². The molecule has 0 aromatic carbocycles. The van der Waals surface area contributed by atoms with Gasteiger partial charge >= 0.3 is 12.2 Å². The minimum Gasteiger partial charge on any atom is -0.445 e. The molecule has 94 valence electrons. The molecule has 2 amide bonds. The SMILES string of the molecule is CCOCC(C)(COC(N)=O)OC(=O)NC. The summed E-state index contributed by atoms with van der Waals surface area (Å²) in [5.41, 5.74) is 3.78. The van der Waals surface area contributed by atoms with Gasteiger partial charge in [0.25, 0.3) is 0 Å². The molecule has 0 aromatic rings. The average molecular weight is 234 g/mol. The monoisotopic (exact) mass is 234 g/mol. The van der Waals surface area contributed by atoms with Gasteiger partial charge in [0.1, 0.15) is 6.61 Å². The maximum Gasteiger partial charge on any atom is 0.407 e. The molecule has 0 radical (unpaired) electrons. The van der Waals surface area contributed by atoms with Gasteiger partial charge in [-0.2, -0.15) is 0 Å². The van der Waals surface area contributed by atoms with Crippen LogP contribution in [0.4, 0.5) is 9.59 Å². The van der Waals surface area contributed by atoms with Crippen molar-refractivity contribution in [1.29, 1.82) is 0 Å². The van der Waals surface area contributed by atoms with Gasteiger partial charge in [-0.3, -0.25) is 0 Å². The molecule has 16 heavy (non-hydrogen) atoms. The zero-order valence-corrected chi connectivity index (χ0v) is 9.74. The third kappa shape index (κ3) is 6.07. The molecule has 0 bridgehead atoms.